The Morgan fingerprint density at radius 3 is 2.80 bits per heavy atom. The van der Waals surface area contributed by atoms with E-state index in [1.54, 1.807) is 36.4 Å². The predicted octanol–water partition coefficient (Wildman–Crippen LogP) is 3.50. The van der Waals surface area contributed by atoms with E-state index < -0.39 is 15.7 Å². The third kappa shape index (κ3) is 4.48. The smallest absolute Gasteiger partial charge is 0.244 e. The molecule has 0 spiro atoms. The fourth-order valence-corrected chi connectivity index (χ4v) is 7.40. The highest BCUT2D eigenvalue weighted by molar-refractivity contribution is 8.15. The van der Waals surface area contributed by atoms with Crippen molar-refractivity contribution in [3.8, 4) is 0 Å². The Bertz CT molecular complexity index is 1140. The number of para-hydroxylation sites is 1. The molecule has 2 aromatic rings. The average Bonchev–Trinajstić information content (AvgIpc) is 3.17. The molecule has 10 heteroatoms. The van der Waals surface area contributed by atoms with Gasteiger partial charge in [-0.2, -0.15) is 0 Å². The van der Waals surface area contributed by atoms with Crippen LogP contribution in [0.1, 0.15) is 5.56 Å². The summed E-state index contributed by atoms with van der Waals surface area (Å²) in [7, 11) is -3.11. The van der Waals surface area contributed by atoms with Crippen LogP contribution in [0.5, 0.6) is 0 Å². The lowest BCUT2D eigenvalue weighted by atomic mass is 10.2. The minimum absolute atomic E-state index is 0.0207. The zero-order valence-corrected chi connectivity index (χ0v) is 18.4. The Morgan fingerprint density at radius 2 is 2.07 bits per heavy atom. The number of benzene rings is 2. The first kappa shape index (κ1) is 21.1. The van der Waals surface area contributed by atoms with Gasteiger partial charge in [0.15, 0.2) is 15.0 Å². The van der Waals surface area contributed by atoms with E-state index in [0.29, 0.717) is 15.9 Å². The SMILES string of the molecule is Cc1ccc(Cl)cc1NC(=O)CN(C1=N[C@H]2CS(=O)(=O)C[C@H]2S1)c1ccccc1F. The van der Waals surface area contributed by atoms with E-state index in [0.717, 1.165) is 5.56 Å². The zero-order chi connectivity index (χ0) is 21.5. The van der Waals surface area contributed by atoms with Crippen molar-refractivity contribution in [3.63, 3.8) is 0 Å². The van der Waals surface area contributed by atoms with Crippen LogP contribution in [0, 0.1) is 12.7 Å². The van der Waals surface area contributed by atoms with E-state index in [9.17, 15) is 17.6 Å². The van der Waals surface area contributed by atoms with Crippen molar-refractivity contribution >= 4 is 55.6 Å². The average molecular weight is 468 g/mol. The third-order valence-corrected chi connectivity index (χ3v) is 8.44. The van der Waals surface area contributed by atoms with Crippen LogP contribution in [-0.2, 0) is 14.6 Å². The highest BCUT2D eigenvalue weighted by Crippen LogP contribution is 2.37. The van der Waals surface area contributed by atoms with Gasteiger partial charge in [0.25, 0.3) is 0 Å². The Balaban J connectivity index is 1.60. The molecule has 2 aliphatic rings. The van der Waals surface area contributed by atoms with Crippen LogP contribution in [-0.4, -0.2) is 48.8 Å². The largest absolute Gasteiger partial charge is 0.324 e. The molecule has 30 heavy (non-hydrogen) atoms. The lowest BCUT2D eigenvalue weighted by Gasteiger charge is -2.24. The molecule has 158 valence electrons. The molecule has 2 aromatic carbocycles. The summed E-state index contributed by atoms with van der Waals surface area (Å²) < 4.78 is 38.3. The molecule has 6 nitrogen and oxygen atoms in total. The van der Waals surface area contributed by atoms with Crippen LogP contribution >= 0.6 is 23.4 Å². The molecule has 2 heterocycles. The van der Waals surface area contributed by atoms with Gasteiger partial charge in [-0.3, -0.25) is 9.79 Å². The van der Waals surface area contributed by atoms with Crippen LogP contribution in [0.25, 0.3) is 0 Å². The molecule has 0 bridgehead atoms. The lowest BCUT2D eigenvalue weighted by Crippen LogP contribution is -2.37. The first-order chi connectivity index (χ1) is 14.2. The predicted molar refractivity (Wildman–Crippen MR) is 120 cm³/mol. The number of aliphatic imine (C=N–C) groups is 1. The van der Waals surface area contributed by atoms with Gasteiger partial charge in [0.1, 0.15) is 12.4 Å². The Labute approximate surface area is 183 Å². The number of sulfone groups is 1. The van der Waals surface area contributed by atoms with E-state index in [1.165, 1.54) is 22.7 Å². The number of rotatable bonds is 4. The number of halogens is 2. The molecule has 1 saturated heterocycles. The number of carbonyl (C=O) groups is 1. The minimum atomic E-state index is -3.11. The molecule has 1 amide bonds. The van der Waals surface area contributed by atoms with Crippen LogP contribution in [0.15, 0.2) is 47.5 Å². The summed E-state index contributed by atoms with van der Waals surface area (Å²) in [6.45, 7) is 1.67. The second-order valence-corrected chi connectivity index (χ2v) is 11.1. The molecule has 2 atom stereocenters. The van der Waals surface area contributed by atoms with Gasteiger partial charge in [0.05, 0.1) is 23.2 Å². The van der Waals surface area contributed by atoms with Crippen molar-refractivity contribution in [2.24, 2.45) is 4.99 Å². The lowest BCUT2D eigenvalue weighted by molar-refractivity contribution is -0.114. The molecule has 1 N–H and O–H groups in total. The fourth-order valence-electron chi connectivity index (χ4n) is 3.46. The number of aryl methyl sites for hydroxylation is 1. The number of anilines is 2. The molecule has 1 fully saturated rings. The highest BCUT2D eigenvalue weighted by Gasteiger charge is 2.44. The molecule has 4 rings (SSSR count). The quantitative estimate of drug-likeness (QED) is 0.744. The summed E-state index contributed by atoms with van der Waals surface area (Å²) in [5.74, 6) is -0.838. The van der Waals surface area contributed by atoms with E-state index >= 15 is 0 Å². The van der Waals surface area contributed by atoms with Crippen molar-refractivity contribution in [2.45, 2.75) is 18.2 Å². The Hall–Kier alpha value is -2.10. The van der Waals surface area contributed by atoms with Gasteiger partial charge in [-0.1, -0.05) is 41.6 Å². The van der Waals surface area contributed by atoms with E-state index in [1.807, 2.05) is 6.92 Å². The maximum absolute atomic E-state index is 14.5. The van der Waals surface area contributed by atoms with Crippen LogP contribution in [0.4, 0.5) is 15.8 Å². The number of nitrogens with zero attached hydrogens (tertiary/aromatic N) is 2. The number of amides is 1. The second-order valence-electron chi connectivity index (χ2n) is 7.26. The van der Waals surface area contributed by atoms with Crippen LogP contribution in [0.2, 0.25) is 5.02 Å². The molecule has 0 saturated carbocycles. The van der Waals surface area contributed by atoms with Crippen molar-refractivity contribution in [1.82, 2.24) is 0 Å². The minimum Gasteiger partial charge on any atom is -0.324 e. The summed E-state index contributed by atoms with van der Waals surface area (Å²) in [5, 5.41) is 3.54. The van der Waals surface area contributed by atoms with Gasteiger partial charge >= 0.3 is 0 Å². The molecule has 0 aromatic heterocycles. The van der Waals surface area contributed by atoms with Gasteiger partial charge in [-0.15, -0.1) is 0 Å². The van der Waals surface area contributed by atoms with Crippen LogP contribution in [0.3, 0.4) is 0 Å². The molecule has 0 unspecified atom stereocenters. The third-order valence-electron chi connectivity index (χ3n) is 4.95. The van der Waals surface area contributed by atoms with E-state index in [-0.39, 0.29) is 40.9 Å². The number of thioether (sulfide) groups is 1. The molecule has 0 aliphatic carbocycles. The number of nitrogens with one attached hydrogen (secondary N) is 1. The first-order valence-electron chi connectivity index (χ1n) is 9.25. The Kier molecular flexibility index (Phi) is 5.78. The van der Waals surface area contributed by atoms with Crippen molar-refractivity contribution in [3.05, 3.63) is 58.9 Å². The summed E-state index contributed by atoms with van der Waals surface area (Å²) >= 11 is 7.30. The van der Waals surface area contributed by atoms with Crippen molar-refractivity contribution < 1.29 is 17.6 Å². The van der Waals surface area contributed by atoms with Gasteiger partial charge in [0, 0.05) is 16.0 Å². The fraction of sp³-hybridized carbons (Fsp3) is 0.300. The standard InChI is InChI=1S/C20H19ClFN3O3S2/c1-12-6-7-13(21)8-15(12)23-19(26)9-25(17-5-3-2-4-14(17)22)20-24-16-10-30(27,28)11-18(16)29-20/h2-8,16,18H,9-11H2,1H3,(H,23,26)/t16-,18+/m0/s1. The van der Waals surface area contributed by atoms with Gasteiger partial charge in [-0.25, -0.2) is 12.8 Å². The van der Waals surface area contributed by atoms with E-state index in [4.69, 9.17) is 11.6 Å². The normalized spacial score (nSPS) is 21.8. The van der Waals surface area contributed by atoms with Gasteiger partial charge < -0.3 is 10.2 Å². The molecule has 0 radical (unpaired) electrons. The monoisotopic (exact) mass is 467 g/mol. The number of fused-ring (bicyclic) bond motifs is 1. The van der Waals surface area contributed by atoms with Crippen molar-refractivity contribution in [1.29, 1.82) is 0 Å². The maximum atomic E-state index is 14.5. The zero-order valence-electron chi connectivity index (χ0n) is 16.0. The number of hydrogen-bond acceptors (Lipinski definition) is 6. The highest BCUT2D eigenvalue weighted by atomic mass is 35.5. The molecular formula is C20H19ClFN3O3S2. The van der Waals surface area contributed by atoms with Crippen LogP contribution < -0.4 is 10.2 Å². The number of hydrogen-bond donors (Lipinski definition) is 1. The second kappa shape index (κ2) is 8.20. The topological polar surface area (TPSA) is 78.8 Å². The number of carbonyl (C=O) groups excluding carboxylic acids is 1. The summed E-state index contributed by atoms with van der Waals surface area (Å²) in [5.41, 5.74) is 1.63. The summed E-state index contributed by atoms with van der Waals surface area (Å²) in [4.78, 5) is 18.8. The van der Waals surface area contributed by atoms with Crippen molar-refractivity contribution in [2.75, 3.05) is 28.3 Å². The number of amidine groups is 1. The Morgan fingerprint density at radius 1 is 1.30 bits per heavy atom. The molecule has 2 aliphatic heterocycles. The first-order valence-corrected chi connectivity index (χ1v) is 12.3. The molecular weight excluding hydrogens is 449 g/mol. The van der Waals surface area contributed by atoms with Gasteiger partial charge in [0.2, 0.25) is 5.91 Å². The summed E-state index contributed by atoms with van der Waals surface area (Å²) in [6.07, 6.45) is 0. The van der Waals surface area contributed by atoms with E-state index in [2.05, 4.69) is 10.3 Å². The maximum Gasteiger partial charge on any atom is 0.244 e. The summed E-state index contributed by atoms with van der Waals surface area (Å²) in [6, 6.07) is 10.9. The van der Waals surface area contributed by atoms with Gasteiger partial charge in [-0.05, 0) is 36.8 Å².